The Balaban J connectivity index is 1.33. The van der Waals surface area contributed by atoms with Gasteiger partial charge in [-0.1, -0.05) is 5.16 Å². The van der Waals surface area contributed by atoms with Gasteiger partial charge in [-0.25, -0.2) is 4.39 Å². The topological polar surface area (TPSA) is 86.9 Å². The van der Waals surface area contributed by atoms with E-state index in [0.29, 0.717) is 37.2 Å². The van der Waals surface area contributed by atoms with Gasteiger partial charge in [0.25, 0.3) is 5.91 Å². The number of ether oxygens (including phenoxy) is 3. The first-order chi connectivity index (χ1) is 15.2. The summed E-state index contributed by atoms with van der Waals surface area (Å²) in [4.78, 5) is 19.1. The van der Waals surface area contributed by atoms with Crippen molar-refractivity contribution in [2.45, 2.75) is 38.1 Å². The lowest BCUT2D eigenvalue weighted by molar-refractivity contribution is 0.0211. The van der Waals surface area contributed by atoms with Crippen LogP contribution in [0.25, 0.3) is 0 Å². The molecule has 2 fully saturated rings. The Morgan fingerprint density at radius 2 is 2.13 bits per heavy atom. The SMILES string of the molecule is COc1ccc(C(=O)N2CCCC2c2nc(CCOCC3CCOCC3)no2)cc1F. The standard InChI is InChI=1S/C22H28FN3O5/c1-28-19-5-4-16(13-17(19)23)22(27)26-9-2-3-18(26)21-24-20(25-31-21)8-12-30-14-15-6-10-29-11-7-15/h4-5,13,15,18H,2-3,6-12,14H2,1H3. The molecule has 0 saturated carbocycles. The molecule has 0 bridgehead atoms. The van der Waals surface area contributed by atoms with Crippen molar-refractivity contribution in [2.24, 2.45) is 5.92 Å². The molecule has 1 amide bonds. The molecule has 0 spiro atoms. The summed E-state index contributed by atoms with van der Waals surface area (Å²) in [6.07, 6.45) is 4.18. The van der Waals surface area contributed by atoms with E-state index in [4.69, 9.17) is 18.7 Å². The lowest BCUT2D eigenvalue weighted by Crippen LogP contribution is -2.30. The summed E-state index contributed by atoms with van der Waals surface area (Å²) in [6, 6.07) is 3.92. The second kappa shape index (κ2) is 10.2. The molecule has 1 aromatic heterocycles. The molecule has 1 aromatic carbocycles. The van der Waals surface area contributed by atoms with E-state index in [1.54, 1.807) is 11.0 Å². The number of carbonyl (C=O) groups is 1. The Kier molecular flexibility index (Phi) is 7.14. The molecule has 8 nitrogen and oxygen atoms in total. The van der Waals surface area contributed by atoms with Crippen LogP contribution in [-0.4, -0.2) is 61.0 Å². The highest BCUT2D eigenvalue weighted by molar-refractivity contribution is 5.94. The normalized spacial score (nSPS) is 19.7. The van der Waals surface area contributed by atoms with Gasteiger partial charge in [-0.05, 0) is 49.8 Å². The zero-order valence-corrected chi connectivity index (χ0v) is 17.7. The molecule has 4 rings (SSSR count). The van der Waals surface area contributed by atoms with E-state index in [1.165, 1.54) is 19.2 Å². The third-order valence-corrected chi connectivity index (χ3v) is 5.85. The van der Waals surface area contributed by atoms with E-state index in [0.717, 1.165) is 45.5 Å². The van der Waals surface area contributed by atoms with Gasteiger partial charge in [-0.3, -0.25) is 4.79 Å². The number of carbonyl (C=O) groups excluding carboxylic acids is 1. The van der Waals surface area contributed by atoms with Crippen molar-refractivity contribution in [2.75, 3.05) is 40.1 Å². The Bertz CT molecular complexity index is 884. The molecular formula is C22H28FN3O5. The van der Waals surface area contributed by atoms with Crippen molar-refractivity contribution in [3.05, 3.63) is 41.3 Å². The van der Waals surface area contributed by atoms with Crippen molar-refractivity contribution in [3.8, 4) is 5.75 Å². The van der Waals surface area contributed by atoms with Crippen LogP contribution in [0, 0.1) is 11.7 Å². The van der Waals surface area contributed by atoms with Crippen LogP contribution in [0.2, 0.25) is 0 Å². The zero-order valence-electron chi connectivity index (χ0n) is 17.7. The average Bonchev–Trinajstić information content (AvgIpc) is 3.46. The Labute approximate surface area is 180 Å². The number of halogens is 1. The van der Waals surface area contributed by atoms with Crippen LogP contribution in [0.15, 0.2) is 22.7 Å². The predicted molar refractivity (Wildman–Crippen MR) is 108 cm³/mol. The number of rotatable bonds is 8. The van der Waals surface area contributed by atoms with Crippen molar-refractivity contribution in [3.63, 3.8) is 0 Å². The molecule has 1 atom stereocenters. The van der Waals surface area contributed by atoms with Crippen molar-refractivity contribution >= 4 is 5.91 Å². The first-order valence-electron chi connectivity index (χ1n) is 10.8. The zero-order chi connectivity index (χ0) is 21.6. The molecule has 168 valence electrons. The van der Waals surface area contributed by atoms with Gasteiger partial charge in [0.1, 0.15) is 6.04 Å². The van der Waals surface area contributed by atoms with Gasteiger partial charge in [-0.15, -0.1) is 0 Å². The molecule has 2 aliphatic heterocycles. The van der Waals surface area contributed by atoms with Gasteiger partial charge in [0, 0.05) is 38.3 Å². The fraction of sp³-hybridized carbons (Fsp3) is 0.591. The van der Waals surface area contributed by atoms with Gasteiger partial charge in [0.2, 0.25) is 5.89 Å². The van der Waals surface area contributed by atoms with Gasteiger partial charge in [0.05, 0.1) is 13.7 Å². The third-order valence-electron chi connectivity index (χ3n) is 5.85. The highest BCUT2D eigenvalue weighted by Gasteiger charge is 2.34. The van der Waals surface area contributed by atoms with Crippen LogP contribution >= 0.6 is 0 Å². The third kappa shape index (κ3) is 5.22. The number of hydrogen-bond donors (Lipinski definition) is 0. The van der Waals surface area contributed by atoms with E-state index in [9.17, 15) is 9.18 Å². The van der Waals surface area contributed by atoms with E-state index in [2.05, 4.69) is 10.1 Å². The summed E-state index contributed by atoms with van der Waals surface area (Å²) in [5.74, 6) is 0.815. The molecule has 0 N–H and O–H groups in total. The summed E-state index contributed by atoms with van der Waals surface area (Å²) < 4.78 is 35.5. The highest BCUT2D eigenvalue weighted by atomic mass is 19.1. The monoisotopic (exact) mass is 433 g/mol. The minimum Gasteiger partial charge on any atom is -0.494 e. The first-order valence-corrected chi connectivity index (χ1v) is 10.8. The molecule has 0 aliphatic carbocycles. The van der Waals surface area contributed by atoms with E-state index < -0.39 is 5.82 Å². The van der Waals surface area contributed by atoms with Gasteiger partial charge in [-0.2, -0.15) is 4.98 Å². The van der Waals surface area contributed by atoms with Gasteiger partial charge < -0.3 is 23.6 Å². The van der Waals surface area contributed by atoms with Crippen LogP contribution in [0.3, 0.4) is 0 Å². The lowest BCUT2D eigenvalue weighted by Gasteiger charge is -2.22. The Hall–Kier alpha value is -2.52. The summed E-state index contributed by atoms with van der Waals surface area (Å²) in [5.41, 5.74) is 0.270. The fourth-order valence-electron chi connectivity index (χ4n) is 4.06. The van der Waals surface area contributed by atoms with Crippen molar-refractivity contribution in [1.82, 2.24) is 15.0 Å². The van der Waals surface area contributed by atoms with Crippen LogP contribution in [0.4, 0.5) is 4.39 Å². The number of aromatic nitrogens is 2. The molecule has 9 heteroatoms. The number of likely N-dealkylation sites (tertiary alicyclic amines) is 1. The van der Waals surface area contributed by atoms with Crippen LogP contribution in [0.5, 0.6) is 5.75 Å². The molecular weight excluding hydrogens is 405 g/mol. The van der Waals surface area contributed by atoms with Crippen LogP contribution in [-0.2, 0) is 15.9 Å². The summed E-state index contributed by atoms with van der Waals surface area (Å²) in [6.45, 7) is 3.42. The number of hydrogen-bond acceptors (Lipinski definition) is 7. The summed E-state index contributed by atoms with van der Waals surface area (Å²) >= 11 is 0. The van der Waals surface area contributed by atoms with Crippen molar-refractivity contribution in [1.29, 1.82) is 0 Å². The molecule has 31 heavy (non-hydrogen) atoms. The Morgan fingerprint density at radius 3 is 2.90 bits per heavy atom. The average molecular weight is 433 g/mol. The van der Waals surface area contributed by atoms with Gasteiger partial charge >= 0.3 is 0 Å². The molecule has 3 heterocycles. The van der Waals surface area contributed by atoms with Crippen LogP contribution in [0.1, 0.15) is 53.8 Å². The number of nitrogens with zero attached hydrogens (tertiary/aromatic N) is 3. The minimum absolute atomic E-state index is 0.107. The predicted octanol–water partition coefficient (Wildman–Crippen LogP) is 3.18. The quantitative estimate of drug-likeness (QED) is 0.591. The number of methoxy groups -OCH3 is 1. The van der Waals surface area contributed by atoms with E-state index >= 15 is 0 Å². The maximum Gasteiger partial charge on any atom is 0.254 e. The van der Waals surface area contributed by atoms with Crippen molar-refractivity contribution < 1.29 is 27.9 Å². The number of amides is 1. The molecule has 2 aliphatic rings. The van der Waals surface area contributed by atoms with E-state index in [-0.39, 0.29) is 23.3 Å². The first kappa shape index (κ1) is 21.7. The molecule has 1 unspecified atom stereocenters. The largest absolute Gasteiger partial charge is 0.494 e. The van der Waals surface area contributed by atoms with Gasteiger partial charge in [0.15, 0.2) is 17.4 Å². The summed E-state index contributed by atoms with van der Waals surface area (Å²) in [5, 5.41) is 4.05. The fourth-order valence-corrected chi connectivity index (χ4v) is 4.06. The second-order valence-corrected chi connectivity index (χ2v) is 7.94. The maximum atomic E-state index is 14.0. The molecule has 0 radical (unpaired) electrons. The second-order valence-electron chi connectivity index (χ2n) is 7.94. The maximum absolute atomic E-state index is 14.0. The number of benzene rings is 1. The highest BCUT2D eigenvalue weighted by Crippen LogP contribution is 2.32. The minimum atomic E-state index is -0.565. The Morgan fingerprint density at radius 1 is 1.29 bits per heavy atom. The van der Waals surface area contributed by atoms with E-state index in [1.807, 2.05) is 0 Å². The lowest BCUT2D eigenvalue weighted by atomic mass is 10.0. The van der Waals surface area contributed by atoms with Crippen LogP contribution < -0.4 is 4.74 Å². The molecule has 2 aromatic rings. The smallest absolute Gasteiger partial charge is 0.254 e. The molecule has 2 saturated heterocycles. The summed E-state index contributed by atoms with van der Waals surface area (Å²) in [7, 11) is 1.39.